The zero-order valence-electron chi connectivity index (χ0n) is 56.6. The Hall–Kier alpha value is -1.86. The summed E-state index contributed by atoms with van der Waals surface area (Å²) >= 11 is 0. The topological polar surface area (TPSA) is 175 Å². The zero-order valence-corrected chi connectivity index (χ0v) is 56.6. The lowest BCUT2D eigenvalue weighted by atomic mass is 9.99. The van der Waals surface area contributed by atoms with Gasteiger partial charge in [-0.05, 0) is 57.8 Å². The molecule has 1 fully saturated rings. The van der Waals surface area contributed by atoms with Gasteiger partial charge in [0.15, 0.2) is 6.29 Å². The Balaban J connectivity index is 1.87. The molecule has 1 heterocycles. The van der Waals surface area contributed by atoms with E-state index < -0.39 is 49.5 Å². The molecule has 0 saturated carbocycles. The van der Waals surface area contributed by atoms with Crippen LogP contribution in [-0.4, -0.2) is 100 Å². The lowest BCUT2D eigenvalue weighted by Crippen LogP contribution is -2.60. The first-order valence-electron chi connectivity index (χ1n) is 37.6. The molecule has 1 saturated heterocycles. The molecule has 1 aliphatic heterocycles. The number of rotatable bonds is 67. The Morgan fingerprint density at radius 2 is 0.744 bits per heavy atom. The highest BCUT2D eigenvalue weighted by molar-refractivity contribution is 5.76. The number of allylic oxidation sites excluding steroid dienone is 3. The number of carbonyl (C=O) groups excluding carboxylic acids is 2. The van der Waals surface area contributed by atoms with Crippen LogP contribution in [0.15, 0.2) is 24.3 Å². The minimum absolute atomic E-state index is 0.00715. The number of hydrogen-bond donors (Lipinski definition) is 6. The van der Waals surface area contributed by atoms with Crippen molar-refractivity contribution in [1.82, 2.24) is 5.32 Å². The lowest BCUT2D eigenvalue weighted by Gasteiger charge is -2.40. The van der Waals surface area contributed by atoms with E-state index in [0.717, 1.165) is 57.8 Å². The van der Waals surface area contributed by atoms with Crippen LogP contribution >= 0.6 is 0 Å². The Morgan fingerprint density at radius 3 is 1.13 bits per heavy atom. The standard InChI is InChI=1S/C75H143NO10/c1-3-5-7-9-11-13-15-39-43-47-51-55-59-63-71(80)84-64-60-56-52-48-44-41-38-36-34-32-30-28-26-24-22-20-18-16-17-19-21-23-25-27-29-31-33-35-37-40-42-46-50-54-58-62-70(79)76-67(66-85-75-74(83)73(82)72(81)69(65-77)86-75)68(78)61-57-53-49-45-14-12-10-8-6-4-2/h13,15,57,61,67-69,72-75,77-78,81-83H,3-12,14,16-56,58-60,62-66H2,1-2H3,(H,76,79)/b15-13-,61-57+. The van der Waals surface area contributed by atoms with Crippen LogP contribution in [0, 0.1) is 0 Å². The summed E-state index contributed by atoms with van der Waals surface area (Å²) in [6.45, 7) is 4.35. The van der Waals surface area contributed by atoms with E-state index in [2.05, 4.69) is 31.3 Å². The molecule has 0 bridgehead atoms. The quantitative estimate of drug-likeness (QED) is 0.0195. The van der Waals surface area contributed by atoms with Crippen LogP contribution in [0.25, 0.3) is 0 Å². The number of ether oxygens (including phenoxy) is 3. The van der Waals surface area contributed by atoms with Gasteiger partial charge in [0.2, 0.25) is 5.91 Å². The van der Waals surface area contributed by atoms with E-state index in [1.165, 1.54) is 295 Å². The highest BCUT2D eigenvalue weighted by Gasteiger charge is 2.44. The Morgan fingerprint density at radius 1 is 0.419 bits per heavy atom. The molecular formula is C75H143NO10. The molecular weight excluding hydrogens is 1070 g/mol. The Labute approximate surface area is 531 Å². The van der Waals surface area contributed by atoms with Gasteiger partial charge in [0, 0.05) is 12.8 Å². The second-order valence-electron chi connectivity index (χ2n) is 26.4. The molecule has 1 rings (SSSR count). The number of esters is 1. The first-order valence-corrected chi connectivity index (χ1v) is 37.6. The van der Waals surface area contributed by atoms with Crippen molar-refractivity contribution in [2.45, 2.75) is 423 Å². The maximum atomic E-state index is 13.0. The summed E-state index contributed by atoms with van der Waals surface area (Å²) < 4.78 is 16.7. The van der Waals surface area contributed by atoms with Crippen LogP contribution in [0.5, 0.6) is 0 Å². The number of nitrogens with one attached hydrogen (secondary N) is 1. The second-order valence-corrected chi connectivity index (χ2v) is 26.4. The average molecular weight is 1220 g/mol. The van der Waals surface area contributed by atoms with Crippen LogP contribution in [-0.2, 0) is 23.8 Å². The summed E-state index contributed by atoms with van der Waals surface area (Å²) in [5.74, 6) is -0.169. The summed E-state index contributed by atoms with van der Waals surface area (Å²) in [5, 5.41) is 54.4. The van der Waals surface area contributed by atoms with Gasteiger partial charge in [-0.1, -0.05) is 334 Å². The van der Waals surface area contributed by atoms with Crippen molar-refractivity contribution in [3.63, 3.8) is 0 Å². The van der Waals surface area contributed by atoms with Crippen molar-refractivity contribution in [2.75, 3.05) is 19.8 Å². The minimum Gasteiger partial charge on any atom is -0.466 e. The molecule has 0 radical (unpaired) electrons. The molecule has 11 nitrogen and oxygen atoms in total. The molecule has 0 spiro atoms. The highest BCUT2D eigenvalue weighted by atomic mass is 16.7. The lowest BCUT2D eigenvalue weighted by molar-refractivity contribution is -0.302. The third-order valence-corrected chi connectivity index (χ3v) is 18.1. The fourth-order valence-corrected chi connectivity index (χ4v) is 12.1. The van der Waals surface area contributed by atoms with Crippen LogP contribution in [0.2, 0.25) is 0 Å². The van der Waals surface area contributed by atoms with Crippen LogP contribution < -0.4 is 5.32 Å². The molecule has 86 heavy (non-hydrogen) atoms. The van der Waals surface area contributed by atoms with E-state index in [1.807, 2.05) is 6.08 Å². The van der Waals surface area contributed by atoms with Crippen LogP contribution in [0.3, 0.4) is 0 Å². The number of hydrogen-bond acceptors (Lipinski definition) is 10. The third kappa shape index (κ3) is 52.9. The molecule has 0 aliphatic carbocycles. The highest BCUT2D eigenvalue weighted by Crippen LogP contribution is 2.24. The fraction of sp³-hybridized carbons (Fsp3) is 0.920. The Bertz CT molecular complexity index is 1480. The second kappa shape index (κ2) is 64.7. The first-order chi connectivity index (χ1) is 42.2. The van der Waals surface area contributed by atoms with E-state index in [-0.39, 0.29) is 18.5 Å². The summed E-state index contributed by atoms with van der Waals surface area (Å²) in [6.07, 6.45) is 72.1. The number of carbonyl (C=O) groups is 2. The van der Waals surface area contributed by atoms with Gasteiger partial charge in [0.25, 0.3) is 0 Å². The van der Waals surface area contributed by atoms with Crippen LogP contribution in [0.4, 0.5) is 0 Å². The molecule has 0 aromatic heterocycles. The predicted octanol–water partition coefficient (Wildman–Crippen LogP) is 19.6. The smallest absolute Gasteiger partial charge is 0.305 e. The summed E-state index contributed by atoms with van der Waals surface area (Å²) in [5.41, 5.74) is 0. The van der Waals surface area contributed by atoms with Crippen molar-refractivity contribution in [1.29, 1.82) is 0 Å². The summed E-state index contributed by atoms with van der Waals surface area (Å²) in [6, 6.07) is -0.804. The van der Waals surface area contributed by atoms with Gasteiger partial charge in [-0.15, -0.1) is 0 Å². The average Bonchev–Trinajstić information content (AvgIpc) is 2.58. The Kier molecular flexibility index (Phi) is 61.8. The van der Waals surface area contributed by atoms with Gasteiger partial charge in [0.1, 0.15) is 24.4 Å². The van der Waals surface area contributed by atoms with E-state index >= 15 is 0 Å². The molecule has 11 heteroatoms. The third-order valence-electron chi connectivity index (χ3n) is 18.1. The van der Waals surface area contributed by atoms with Crippen molar-refractivity contribution < 1.29 is 49.3 Å². The van der Waals surface area contributed by atoms with Crippen LogP contribution in [0.1, 0.15) is 380 Å². The van der Waals surface area contributed by atoms with E-state index in [4.69, 9.17) is 14.2 Å². The van der Waals surface area contributed by atoms with E-state index in [0.29, 0.717) is 19.4 Å². The summed E-state index contributed by atoms with van der Waals surface area (Å²) in [4.78, 5) is 25.1. The van der Waals surface area contributed by atoms with Gasteiger partial charge in [-0.3, -0.25) is 9.59 Å². The van der Waals surface area contributed by atoms with Gasteiger partial charge < -0.3 is 45.1 Å². The first kappa shape index (κ1) is 82.2. The molecule has 7 atom stereocenters. The number of amides is 1. The van der Waals surface area contributed by atoms with Crippen molar-refractivity contribution in [3.05, 3.63) is 24.3 Å². The monoisotopic (exact) mass is 1220 g/mol. The molecule has 508 valence electrons. The van der Waals surface area contributed by atoms with E-state index in [9.17, 15) is 35.1 Å². The largest absolute Gasteiger partial charge is 0.466 e. The summed E-state index contributed by atoms with van der Waals surface area (Å²) in [7, 11) is 0. The fourth-order valence-electron chi connectivity index (χ4n) is 12.1. The molecule has 0 aromatic rings. The van der Waals surface area contributed by atoms with Crippen molar-refractivity contribution in [3.8, 4) is 0 Å². The molecule has 1 aliphatic rings. The molecule has 1 amide bonds. The predicted molar refractivity (Wildman–Crippen MR) is 361 cm³/mol. The molecule has 0 aromatic carbocycles. The minimum atomic E-state index is -1.57. The molecule has 6 N–H and O–H groups in total. The number of aliphatic hydroxyl groups is 5. The normalized spacial score (nSPS) is 18.0. The van der Waals surface area contributed by atoms with Crippen molar-refractivity contribution in [2.24, 2.45) is 0 Å². The maximum Gasteiger partial charge on any atom is 0.305 e. The number of unbranched alkanes of at least 4 members (excludes halogenated alkanes) is 51. The zero-order chi connectivity index (χ0) is 62.3. The van der Waals surface area contributed by atoms with Gasteiger partial charge in [-0.25, -0.2) is 0 Å². The van der Waals surface area contributed by atoms with Gasteiger partial charge in [-0.2, -0.15) is 0 Å². The van der Waals surface area contributed by atoms with Gasteiger partial charge >= 0.3 is 5.97 Å². The number of aliphatic hydroxyl groups excluding tert-OH is 5. The SMILES string of the molecule is CCCCCC/C=C\CCCCCCCC(=O)OCCCCCCCCCCCCCCCCCCCCCCCCCCCCCCCCCCCCCC(=O)NC(COC1OC(CO)C(O)C(O)C1O)C(O)/C=C/CCCCCCCCCC. The maximum absolute atomic E-state index is 13.0. The molecule has 7 unspecified atom stereocenters. The van der Waals surface area contributed by atoms with E-state index in [1.54, 1.807) is 6.08 Å². The van der Waals surface area contributed by atoms with Crippen molar-refractivity contribution >= 4 is 11.9 Å². The van der Waals surface area contributed by atoms with Gasteiger partial charge in [0.05, 0.1) is 32.0 Å².